The van der Waals surface area contributed by atoms with Gasteiger partial charge in [-0.1, -0.05) is 31.5 Å². The van der Waals surface area contributed by atoms with Gasteiger partial charge in [-0.3, -0.25) is 5.01 Å². The number of hydrogen-bond donors (Lipinski definition) is 0. The van der Waals surface area contributed by atoms with Gasteiger partial charge in [-0.05, 0) is 31.9 Å². The zero-order chi connectivity index (χ0) is 11.1. The van der Waals surface area contributed by atoms with E-state index in [0.717, 1.165) is 12.1 Å². The summed E-state index contributed by atoms with van der Waals surface area (Å²) in [5, 5.41) is 6.47. The van der Waals surface area contributed by atoms with Crippen LogP contribution in [0, 0.1) is 0 Å². The molecule has 1 aromatic rings. The molecule has 1 rings (SSSR count). The highest BCUT2D eigenvalue weighted by Crippen LogP contribution is 2.11. The molecule has 2 nitrogen and oxygen atoms in total. The van der Waals surface area contributed by atoms with Crippen molar-refractivity contribution in [3.05, 3.63) is 30.3 Å². The van der Waals surface area contributed by atoms with E-state index < -0.39 is 0 Å². The molecule has 0 saturated heterocycles. The first-order chi connectivity index (χ1) is 7.24. The topological polar surface area (TPSA) is 15.6 Å². The van der Waals surface area contributed by atoms with E-state index in [0.29, 0.717) is 0 Å². The summed E-state index contributed by atoms with van der Waals surface area (Å²) in [6.45, 7) is 4.29. The third-order valence-electron chi connectivity index (χ3n) is 2.34. The summed E-state index contributed by atoms with van der Waals surface area (Å²) in [6.07, 6.45) is 3.54. The lowest BCUT2D eigenvalue weighted by Crippen LogP contribution is -2.11. The standard InChI is InChI=1S/C13H20N2/c1-4-5-9-12(2)14-15(3)13-10-7-6-8-11-13/h6-8,10-11H,4-5,9H2,1-3H3. The number of para-hydroxylation sites is 1. The molecule has 0 unspecified atom stereocenters. The van der Waals surface area contributed by atoms with Crippen molar-refractivity contribution >= 4 is 11.4 Å². The van der Waals surface area contributed by atoms with E-state index in [1.165, 1.54) is 18.6 Å². The molecule has 0 aliphatic carbocycles. The number of nitrogens with zero attached hydrogens (tertiary/aromatic N) is 2. The zero-order valence-corrected chi connectivity index (χ0v) is 9.90. The number of unbranched alkanes of at least 4 members (excludes halogenated alkanes) is 1. The average molecular weight is 204 g/mol. The Morgan fingerprint density at radius 1 is 1.27 bits per heavy atom. The van der Waals surface area contributed by atoms with Crippen LogP contribution in [0.5, 0.6) is 0 Å². The summed E-state index contributed by atoms with van der Waals surface area (Å²) in [4.78, 5) is 0. The number of hydrazone groups is 1. The minimum absolute atomic E-state index is 1.09. The second-order valence-corrected chi connectivity index (χ2v) is 3.80. The van der Waals surface area contributed by atoms with Crippen molar-refractivity contribution in [3.63, 3.8) is 0 Å². The first kappa shape index (κ1) is 11.8. The molecular formula is C13H20N2. The van der Waals surface area contributed by atoms with Gasteiger partial charge in [0.25, 0.3) is 0 Å². The van der Waals surface area contributed by atoms with Crippen LogP contribution in [-0.2, 0) is 0 Å². The van der Waals surface area contributed by atoms with Crippen molar-refractivity contribution in [1.29, 1.82) is 0 Å². The van der Waals surface area contributed by atoms with Gasteiger partial charge >= 0.3 is 0 Å². The maximum Gasteiger partial charge on any atom is 0.0590 e. The van der Waals surface area contributed by atoms with E-state index >= 15 is 0 Å². The van der Waals surface area contributed by atoms with Crippen LogP contribution in [0.2, 0.25) is 0 Å². The maximum absolute atomic E-state index is 4.53. The average Bonchev–Trinajstić information content (AvgIpc) is 2.27. The highest BCUT2D eigenvalue weighted by atomic mass is 15.4. The van der Waals surface area contributed by atoms with Crippen LogP contribution >= 0.6 is 0 Å². The van der Waals surface area contributed by atoms with Gasteiger partial charge in [0, 0.05) is 12.8 Å². The van der Waals surface area contributed by atoms with Gasteiger partial charge in [-0.15, -0.1) is 0 Å². The Labute approximate surface area is 92.6 Å². The molecule has 0 aromatic heterocycles. The van der Waals surface area contributed by atoms with E-state index in [4.69, 9.17) is 0 Å². The summed E-state index contributed by atoms with van der Waals surface area (Å²) in [6, 6.07) is 10.2. The molecule has 82 valence electrons. The molecule has 0 radical (unpaired) electrons. The van der Waals surface area contributed by atoms with Crippen molar-refractivity contribution in [3.8, 4) is 0 Å². The molecule has 0 N–H and O–H groups in total. The Kier molecular flexibility index (Phi) is 4.88. The summed E-state index contributed by atoms with van der Waals surface area (Å²) >= 11 is 0. The van der Waals surface area contributed by atoms with Crippen LogP contribution in [-0.4, -0.2) is 12.8 Å². The largest absolute Gasteiger partial charge is 0.269 e. The van der Waals surface area contributed by atoms with Crippen LogP contribution in [0.25, 0.3) is 0 Å². The number of anilines is 1. The summed E-state index contributed by atoms with van der Waals surface area (Å²) in [5.41, 5.74) is 2.33. The fourth-order valence-corrected chi connectivity index (χ4v) is 1.44. The quantitative estimate of drug-likeness (QED) is 0.527. The smallest absolute Gasteiger partial charge is 0.0590 e. The molecule has 0 atom stereocenters. The van der Waals surface area contributed by atoms with E-state index in [1.54, 1.807) is 0 Å². The van der Waals surface area contributed by atoms with Gasteiger partial charge in [0.2, 0.25) is 0 Å². The second kappa shape index (κ2) is 6.23. The molecular weight excluding hydrogens is 184 g/mol. The number of hydrogen-bond acceptors (Lipinski definition) is 2. The predicted octanol–water partition coefficient (Wildman–Crippen LogP) is 3.69. The van der Waals surface area contributed by atoms with E-state index in [1.807, 2.05) is 30.3 Å². The van der Waals surface area contributed by atoms with Gasteiger partial charge in [-0.25, -0.2) is 0 Å². The molecule has 1 aromatic carbocycles. The maximum atomic E-state index is 4.53. The Balaban J connectivity index is 2.58. The van der Waals surface area contributed by atoms with Crippen molar-refractivity contribution in [2.24, 2.45) is 5.10 Å². The minimum atomic E-state index is 1.09. The van der Waals surface area contributed by atoms with Gasteiger partial charge in [0.05, 0.1) is 5.69 Å². The van der Waals surface area contributed by atoms with E-state index in [9.17, 15) is 0 Å². The number of benzene rings is 1. The fourth-order valence-electron chi connectivity index (χ4n) is 1.44. The SMILES string of the molecule is CCCCC(C)=NN(C)c1ccccc1. The zero-order valence-electron chi connectivity index (χ0n) is 9.90. The second-order valence-electron chi connectivity index (χ2n) is 3.80. The predicted molar refractivity (Wildman–Crippen MR) is 67.5 cm³/mol. The fraction of sp³-hybridized carbons (Fsp3) is 0.462. The molecule has 0 amide bonds. The Morgan fingerprint density at radius 3 is 2.53 bits per heavy atom. The summed E-state index contributed by atoms with van der Waals surface area (Å²) in [7, 11) is 1.99. The van der Waals surface area contributed by atoms with Crippen molar-refractivity contribution < 1.29 is 0 Å². The van der Waals surface area contributed by atoms with Crippen molar-refractivity contribution in [2.45, 2.75) is 33.1 Å². The highest BCUT2D eigenvalue weighted by molar-refractivity contribution is 5.82. The highest BCUT2D eigenvalue weighted by Gasteiger charge is 1.97. The molecule has 0 aliphatic rings. The lowest BCUT2D eigenvalue weighted by Gasteiger charge is -2.14. The molecule has 0 saturated carbocycles. The molecule has 0 fully saturated rings. The van der Waals surface area contributed by atoms with Crippen LogP contribution in [0.1, 0.15) is 33.1 Å². The van der Waals surface area contributed by atoms with Gasteiger partial charge < -0.3 is 0 Å². The summed E-state index contributed by atoms with van der Waals surface area (Å²) in [5.74, 6) is 0. The third-order valence-corrected chi connectivity index (χ3v) is 2.34. The monoisotopic (exact) mass is 204 g/mol. The molecule has 0 bridgehead atoms. The lowest BCUT2D eigenvalue weighted by molar-refractivity contribution is 0.826. The minimum Gasteiger partial charge on any atom is -0.269 e. The van der Waals surface area contributed by atoms with Crippen LogP contribution < -0.4 is 5.01 Å². The Bertz CT molecular complexity index is 304. The van der Waals surface area contributed by atoms with Crippen molar-refractivity contribution in [2.75, 3.05) is 12.1 Å². The van der Waals surface area contributed by atoms with Crippen LogP contribution in [0.15, 0.2) is 35.4 Å². The van der Waals surface area contributed by atoms with Gasteiger partial charge in [-0.2, -0.15) is 5.10 Å². The summed E-state index contributed by atoms with van der Waals surface area (Å²) < 4.78 is 0. The molecule has 15 heavy (non-hydrogen) atoms. The first-order valence-electron chi connectivity index (χ1n) is 5.57. The molecule has 2 heteroatoms. The first-order valence-corrected chi connectivity index (χ1v) is 5.57. The molecule has 0 aliphatic heterocycles. The van der Waals surface area contributed by atoms with Crippen LogP contribution in [0.3, 0.4) is 0 Å². The Morgan fingerprint density at radius 2 is 1.93 bits per heavy atom. The number of rotatable bonds is 5. The normalized spacial score (nSPS) is 11.5. The van der Waals surface area contributed by atoms with E-state index in [2.05, 4.69) is 31.1 Å². The van der Waals surface area contributed by atoms with E-state index in [-0.39, 0.29) is 0 Å². The molecule has 0 heterocycles. The van der Waals surface area contributed by atoms with Gasteiger partial charge in [0.1, 0.15) is 0 Å². The van der Waals surface area contributed by atoms with Crippen molar-refractivity contribution in [1.82, 2.24) is 0 Å². The molecule has 0 spiro atoms. The Hall–Kier alpha value is -1.31. The lowest BCUT2D eigenvalue weighted by atomic mass is 10.2. The van der Waals surface area contributed by atoms with Gasteiger partial charge in [0.15, 0.2) is 0 Å². The third kappa shape index (κ3) is 4.15. The van der Waals surface area contributed by atoms with Crippen LogP contribution in [0.4, 0.5) is 5.69 Å².